The first-order valence-corrected chi connectivity index (χ1v) is 9.55. The number of thiophene rings is 1. The Morgan fingerprint density at radius 3 is 2.56 bits per heavy atom. The maximum Gasteiger partial charge on any atom is 0.262 e. The van der Waals surface area contributed by atoms with E-state index in [1.807, 2.05) is 0 Å². The molecule has 0 aliphatic heterocycles. The molecule has 2 amide bonds. The molecule has 25 heavy (non-hydrogen) atoms. The van der Waals surface area contributed by atoms with E-state index < -0.39 is 6.04 Å². The van der Waals surface area contributed by atoms with Crippen LogP contribution in [0.1, 0.15) is 16.6 Å². The fourth-order valence-corrected chi connectivity index (χ4v) is 3.45. The molecule has 0 saturated heterocycles. The Morgan fingerprint density at radius 2 is 1.96 bits per heavy atom. The van der Waals surface area contributed by atoms with Crippen LogP contribution in [0.4, 0.5) is 0 Å². The van der Waals surface area contributed by atoms with Gasteiger partial charge in [0.2, 0.25) is 5.91 Å². The Labute approximate surface area is 164 Å². The standard InChI is InChI=1S/C17H18BrClN2O3S/c1-11(20-16(22)14-7-8-15(18)25-14)17(23)21(2)9-10-24-13-5-3-12(19)4-6-13/h3-8,11H,9-10H2,1-2H3,(H,20,22). The minimum absolute atomic E-state index is 0.177. The van der Waals surface area contributed by atoms with E-state index in [0.29, 0.717) is 28.8 Å². The Balaban J connectivity index is 1.78. The third-order valence-corrected chi connectivity index (χ3v) is 5.27. The van der Waals surface area contributed by atoms with Crippen LogP contribution in [0.15, 0.2) is 40.2 Å². The summed E-state index contributed by atoms with van der Waals surface area (Å²) in [7, 11) is 1.68. The van der Waals surface area contributed by atoms with Gasteiger partial charge in [-0.05, 0) is 59.3 Å². The lowest BCUT2D eigenvalue weighted by molar-refractivity contribution is -0.131. The van der Waals surface area contributed by atoms with Crippen LogP contribution in [0, 0.1) is 0 Å². The summed E-state index contributed by atoms with van der Waals surface area (Å²) in [6, 6.07) is 9.92. The van der Waals surface area contributed by atoms with Crippen molar-refractivity contribution in [1.82, 2.24) is 10.2 Å². The van der Waals surface area contributed by atoms with Crippen molar-refractivity contribution < 1.29 is 14.3 Å². The van der Waals surface area contributed by atoms with Crippen LogP contribution in [0.3, 0.4) is 0 Å². The van der Waals surface area contributed by atoms with Gasteiger partial charge in [-0.3, -0.25) is 9.59 Å². The van der Waals surface area contributed by atoms with Gasteiger partial charge in [-0.2, -0.15) is 0 Å². The molecule has 0 radical (unpaired) electrons. The maximum atomic E-state index is 12.3. The number of halogens is 2. The number of carbonyl (C=O) groups excluding carboxylic acids is 2. The second-order valence-corrected chi connectivity index (χ2v) is 8.26. The van der Waals surface area contributed by atoms with Gasteiger partial charge >= 0.3 is 0 Å². The molecule has 0 fully saturated rings. The summed E-state index contributed by atoms with van der Waals surface area (Å²) in [5.41, 5.74) is 0. The summed E-state index contributed by atoms with van der Waals surface area (Å²) in [4.78, 5) is 26.5. The molecule has 1 aromatic carbocycles. The van der Waals surface area contributed by atoms with E-state index in [1.54, 1.807) is 50.4 Å². The molecule has 1 N–H and O–H groups in total. The predicted octanol–water partition coefficient (Wildman–Crippen LogP) is 3.82. The summed E-state index contributed by atoms with van der Waals surface area (Å²) in [5.74, 6) is 0.251. The Morgan fingerprint density at radius 1 is 1.28 bits per heavy atom. The third kappa shape index (κ3) is 6.02. The molecule has 1 aromatic heterocycles. The molecule has 8 heteroatoms. The van der Waals surface area contributed by atoms with Crippen molar-refractivity contribution >= 4 is 50.7 Å². The monoisotopic (exact) mass is 444 g/mol. The SMILES string of the molecule is CC(NC(=O)c1ccc(Br)s1)C(=O)N(C)CCOc1ccc(Cl)cc1. The lowest BCUT2D eigenvalue weighted by atomic mass is 10.2. The van der Waals surface area contributed by atoms with Crippen molar-refractivity contribution in [2.24, 2.45) is 0 Å². The summed E-state index contributed by atoms with van der Waals surface area (Å²) < 4.78 is 6.44. The molecule has 1 heterocycles. The van der Waals surface area contributed by atoms with E-state index in [0.717, 1.165) is 3.79 Å². The first-order valence-electron chi connectivity index (χ1n) is 7.56. The fraction of sp³-hybridized carbons (Fsp3) is 0.294. The first kappa shape index (κ1) is 19.8. The summed E-state index contributed by atoms with van der Waals surface area (Å²) in [6.07, 6.45) is 0. The zero-order valence-electron chi connectivity index (χ0n) is 13.8. The van der Waals surface area contributed by atoms with Crippen LogP contribution in [-0.4, -0.2) is 43.0 Å². The van der Waals surface area contributed by atoms with E-state index in [9.17, 15) is 9.59 Å². The molecule has 0 spiro atoms. The molecular formula is C17H18BrClN2O3S. The van der Waals surface area contributed by atoms with Crippen molar-refractivity contribution in [2.75, 3.05) is 20.2 Å². The van der Waals surface area contributed by atoms with Gasteiger partial charge in [0, 0.05) is 12.1 Å². The molecule has 1 atom stereocenters. The molecule has 1 unspecified atom stereocenters. The van der Waals surface area contributed by atoms with Gasteiger partial charge in [0.05, 0.1) is 15.2 Å². The second kappa shape index (κ2) is 9.22. The minimum Gasteiger partial charge on any atom is -0.492 e. The quantitative estimate of drug-likeness (QED) is 0.705. The highest BCUT2D eigenvalue weighted by Gasteiger charge is 2.20. The Bertz CT molecular complexity index is 736. The van der Waals surface area contributed by atoms with Gasteiger partial charge < -0.3 is 15.0 Å². The highest BCUT2D eigenvalue weighted by Crippen LogP contribution is 2.22. The van der Waals surface area contributed by atoms with E-state index in [-0.39, 0.29) is 11.8 Å². The van der Waals surface area contributed by atoms with Crippen molar-refractivity contribution in [2.45, 2.75) is 13.0 Å². The molecule has 5 nitrogen and oxygen atoms in total. The average Bonchev–Trinajstić information content (AvgIpc) is 3.02. The fourth-order valence-electron chi connectivity index (χ4n) is 2.04. The number of benzene rings is 1. The predicted molar refractivity (Wildman–Crippen MR) is 104 cm³/mol. The van der Waals surface area contributed by atoms with Crippen LogP contribution < -0.4 is 10.1 Å². The number of hydrogen-bond donors (Lipinski definition) is 1. The topological polar surface area (TPSA) is 58.6 Å². The number of nitrogens with zero attached hydrogens (tertiary/aromatic N) is 1. The maximum absolute atomic E-state index is 12.3. The van der Waals surface area contributed by atoms with Crippen molar-refractivity contribution in [3.8, 4) is 5.75 Å². The Kier molecular flexibility index (Phi) is 7.28. The van der Waals surface area contributed by atoms with Gasteiger partial charge in [-0.15, -0.1) is 11.3 Å². The summed E-state index contributed by atoms with van der Waals surface area (Å²) in [5, 5.41) is 3.35. The van der Waals surface area contributed by atoms with Crippen LogP contribution in [0.25, 0.3) is 0 Å². The van der Waals surface area contributed by atoms with Gasteiger partial charge in [0.25, 0.3) is 5.91 Å². The van der Waals surface area contributed by atoms with Gasteiger partial charge in [0.1, 0.15) is 18.4 Å². The minimum atomic E-state index is -0.617. The number of hydrogen-bond acceptors (Lipinski definition) is 4. The smallest absolute Gasteiger partial charge is 0.262 e. The molecule has 0 aliphatic carbocycles. The second-order valence-electron chi connectivity index (χ2n) is 5.36. The average molecular weight is 446 g/mol. The lowest BCUT2D eigenvalue weighted by Crippen LogP contribution is -2.46. The molecule has 2 aromatic rings. The largest absolute Gasteiger partial charge is 0.492 e. The van der Waals surface area contributed by atoms with Crippen LogP contribution in [0.5, 0.6) is 5.75 Å². The zero-order valence-corrected chi connectivity index (χ0v) is 17.0. The van der Waals surface area contributed by atoms with Crippen LogP contribution in [-0.2, 0) is 4.79 Å². The molecule has 134 valence electrons. The number of amides is 2. The first-order chi connectivity index (χ1) is 11.9. The van der Waals surface area contributed by atoms with Crippen molar-refractivity contribution in [1.29, 1.82) is 0 Å². The number of likely N-dealkylation sites (N-methyl/N-ethyl adjacent to an activating group) is 1. The lowest BCUT2D eigenvalue weighted by Gasteiger charge is -2.22. The zero-order chi connectivity index (χ0) is 18.4. The highest BCUT2D eigenvalue weighted by molar-refractivity contribution is 9.11. The number of ether oxygens (including phenoxy) is 1. The van der Waals surface area contributed by atoms with E-state index >= 15 is 0 Å². The Hall–Kier alpha value is -1.57. The van der Waals surface area contributed by atoms with Crippen LogP contribution >= 0.6 is 38.9 Å². The molecule has 0 bridgehead atoms. The van der Waals surface area contributed by atoms with E-state index in [4.69, 9.17) is 16.3 Å². The van der Waals surface area contributed by atoms with Crippen molar-refractivity contribution in [3.63, 3.8) is 0 Å². The summed E-state index contributed by atoms with van der Waals surface area (Å²) in [6.45, 7) is 2.42. The molecule has 0 aliphatic rings. The van der Waals surface area contributed by atoms with Crippen molar-refractivity contribution in [3.05, 3.63) is 50.1 Å². The van der Waals surface area contributed by atoms with E-state index in [1.165, 1.54) is 16.2 Å². The molecular weight excluding hydrogens is 428 g/mol. The number of carbonyl (C=O) groups is 2. The summed E-state index contributed by atoms with van der Waals surface area (Å²) >= 11 is 10.4. The normalized spacial score (nSPS) is 11.7. The number of nitrogens with one attached hydrogen (secondary N) is 1. The van der Waals surface area contributed by atoms with Crippen LogP contribution in [0.2, 0.25) is 5.02 Å². The van der Waals surface area contributed by atoms with Gasteiger partial charge in [-0.25, -0.2) is 0 Å². The third-order valence-electron chi connectivity index (χ3n) is 3.40. The number of rotatable bonds is 7. The highest BCUT2D eigenvalue weighted by atomic mass is 79.9. The molecule has 2 rings (SSSR count). The van der Waals surface area contributed by atoms with E-state index in [2.05, 4.69) is 21.2 Å². The van der Waals surface area contributed by atoms with Gasteiger partial charge in [-0.1, -0.05) is 11.6 Å². The molecule has 0 saturated carbocycles. The van der Waals surface area contributed by atoms with Gasteiger partial charge in [0.15, 0.2) is 0 Å².